The SMILES string of the molecule is CCOC[P+](=O)CCCc1nc(-c2ccccc2)cc(=O)n1C. The van der Waals surface area contributed by atoms with Gasteiger partial charge in [-0.05, 0) is 13.3 Å². The van der Waals surface area contributed by atoms with Gasteiger partial charge in [0.15, 0.2) is 0 Å². The molecule has 0 radical (unpaired) electrons. The third-order valence-corrected chi connectivity index (χ3v) is 4.83. The van der Waals surface area contributed by atoms with Crippen LogP contribution in [0.25, 0.3) is 11.3 Å². The highest BCUT2D eigenvalue weighted by atomic mass is 31.1. The van der Waals surface area contributed by atoms with Gasteiger partial charge < -0.3 is 4.74 Å². The molecular formula is C17H22N2O3P+. The monoisotopic (exact) mass is 333 g/mol. The predicted molar refractivity (Wildman–Crippen MR) is 92.2 cm³/mol. The van der Waals surface area contributed by atoms with E-state index in [-0.39, 0.29) is 5.56 Å². The molecule has 0 saturated carbocycles. The van der Waals surface area contributed by atoms with E-state index < -0.39 is 7.80 Å². The minimum absolute atomic E-state index is 0.0763. The number of hydrogen-bond donors (Lipinski definition) is 0. The van der Waals surface area contributed by atoms with Crippen molar-refractivity contribution in [3.05, 3.63) is 52.6 Å². The molecule has 0 fully saturated rings. The van der Waals surface area contributed by atoms with Gasteiger partial charge in [0.25, 0.3) is 5.56 Å². The fourth-order valence-corrected chi connectivity index (χ4v) is 3.27. The van der Waals surface area contributed by atoms with Gasteiger partial charge in [-0.2, -0.15) is 0 Å². The van der Waals surface area contributed by atoms with Gasteiger partial charge in [0, 0.05) is 31.7 Å². The lowest BCUT2D eigenvalue weighted by Crippen LogP contribution is -2.22. The number of ether oxygens (including phenoxy) is 1. The van der Waals surface area contributed by atoms with Crippen LogP contribution in [0.1, 0.15) is 19.2 Å². The smallest absolute Gasteiger partial charge is 0.338 e. The summed E-state index contributed by atoms with van der Waals surface area (Å²) in [5, 5.41) is 0. The second kappa shape index (κ2) is 8.70. The number of hydrogen-bond acceptors (Lipinski definition) is 4. The van der Waals surface area contributed by atoms with Crippen LogP contribution in [0.2, 0.25) is 0 Å². The largest absolute Gasteiger partial charge is 0.366 e. The molecule has 0 saturated heterocycles. The first kappa shape index (κ1) is 17.5. The van der Waals surface area contributed by atoms with Gasteiger partial charge in [0.1, 0.15) is 12.0 Å². The summed E-state index contributed by atoms with van der Waals surface area (Å²) in [6.45, 7) is 2.47. The summed E-state index contributed by atoms with van der Waals surface area (Å²) < 4.78 is 18.5. The van der Waals surface area contributed by atoms with Crippen molar-refractivity contribution in [1.82, 2.24) is 9.55 Å². The maximum absolute atomic E-state index is 12.1. The highest BCUT2D eigenvalue weighted by molar-refractivity contribution is 7.44. The molecule has 0 amide bonds. The van der Waals surface area contributed by atoms with E-state index in [1.807, 2.05) is 37.3 Å². The fourth-order valence-electron chi connectivity index (χ4n) is 2.24. The highest BCUT2D eigenvalue weighted by Gasteiger charge is 2.15. The first-order chi connectivity index (χ1) is 11.1. The Kier molecular flexibility index (Phi) is 6.63. The molecule has 1 heterocycles. The van der Waals surface area contributed by atoms with Crippen molar-refractivity contribution < 1.29 is 9.30 Å². The van der Waals surface area contributed by atoms with Crippen LogP contribution in [0.15, 0.2) is 41.2 Å². The Morgan fingerprint density at radius 1 is 1.26 bits per heavy atom. The lowest BCUT2D eigenvalue weighted by molar-refractivity contribution is 0.193. The Morgan fingerprint density at radius 2 is 2.00 bits per heavy atom. The van der Waals surface area contributed by atoms with E-state index in [1.54, 1.807) is 17.7 Å². The van der Waals surface area contributed by atoms with Gasteiger partial charge in [0.05, 0.1) is 5.69 Å². The van der Waals surface area contributed by atoms with Crippen molar-refractivity contribution in [3.63, 3.8) is 0 Å². The van der Waals surface area contributed by atoms with Gasteiger partial charge in [-0.3, -0.25) is 9.36 Å². The van der Waals surface area contributed by atoms with Crippen molar-refractivity contribution >= 4 is 7.80 Å². The van der Waals surface area contributed by atoms with Gasteiger partial charge in [-0.25, -0.2) is 4.98 Å². The topological polar surface area (TPSA) is 61.2 Å². The normalized spacial score (nSPS) is 11.5. The molecule has 6 heteroatoms. The fraction of sp³-hybridized carbons (Fsp3) is 0.412. The maximum Gasteiger partial charge on any atom is 0.366 e. The molecule has 122 valence electrons. The molecule has 0 N–H and O–H groups in total. The second-order valence-electron chi connectivity index (χ2n) is 5.25. The number of nitrogens with zero attached hydrogens (tertiary/aromatic N) is 2. The third kappa shape index (κ3) is 5.08. The minimum atomic E-state index is -1.34. The number of benzene rings is 1. The molecule has 2 aromatic rings. The van der Waals surface area contributed by atoms with Crippen molar-refractivity contribution in [2.75, 3.05) is 19.1 Å². The lowest BCUT2D eigenvalue weighted by Gasteiger charge is -2.08. The molecule has 1 aromatic heterocycles. The van der Waals surface area contributed by atoms with Crippen LogP contribution in [0.4, 0.5) is 0 Å². The molecule has 0 aliphatic carbocycles. The number of aromatic nitrogens is 2. The van der Waals surface area contributed by atoms with Gasteiger partial charge in [-0.1, -0.05) is 34.9 Å². The Labute approximate surface area is 137 Å². The van der Waals surface area contributed by atoms with Crippen LogP contribution in [0, 0.1) is 0 Å². The van der Waals surface area contributed by atoms with Crippen LogP contribution in [0.3, 0.4) is 0 Å². The maximum atomic E-state index is 12.1. The highest BCUT2D eigenvalue weighted by Crippen LogP contribution is 2.22. The summed E-state index contributed by atoms with van der Waals surface area (Å²) in [6.07, 6.45) is 2.24. The second-order valence-corrected chi connectivity index (χ2v) is 6.92. The van der Waals surface area contributed by atoms with E-state index in [0.29, 0.717) is 31.2 Å². The molecule has 0 aliphatic rings. The Morgan fingerprint density at radius 3 is 2.70 bits per heavy atom. The van der Waals surface area contributed by atoms with Crippen LogP contribution < -0.4 is 5.56 Å². The summed E-state index contributed by atoms with van der Waals surface area (Å²) >= 11 is 0. The minimum Gasteiger partial charge on any atom is -0.338 e. The average Bonchev–Trinajstić information content (AvgIpc) is 2.57. The molecule has 0 spiro atoms. The molecule has 0 aliphatic heterocycles. The third-order valence-electron chi connectivity index (χ3n) is 3.54. The van der Waals surface area contributed by atoms with E-state index in [1.165, 1.54) is 0 Å². The number of aryl methyl sites for hydroxylation is 1. The van der Waals surface area contributed by atoms with E-state index in [2.05, 4.69) is 4.98 Å². The summed E-state index contributed by atoms with van der Waals surface area (Å²) in [5.41, 5.74) is 1.53. The van der Waals surface area contributed by atoms with Crippen molar-refractivity contribution in [2.24, 2.45) is 7.05 Å². The molecule has 1 aromatic carbocycles. The predicted octanol–water partition coefficient (Wildman–Crippen LogP) is 3.20. The first-order valence-electron chi connectivity index (χ1n) is 7.74. The van der Waals surface area contributed by atoms with Crippen LogP contribution in [-0.4, -0.2) is 28.7 Å². The van der Waals surface area contributed by atoms with E-state index in [4.69, 9.17) is 4.74 Å². The number of rotatable bonds is 8. The van der Waals surface area contributed by atoms with Crippen LogP contribution in [0.5, 0.6) is 0 Å². The zero-order chi connectivity index (χ0) is 16.7. The van der Waals surface area contributed by atoms with E-state index in [9.17, 15) is 9.36 Å². The summed E-state index contributed by atoms with van der Waals surface area (Å²) in [5.74, 6) is 0.719. The molecular weight excluding hydrogens is 311 g/mol. The summed E-state index contributed by atoms with van der Waals surface area (Å²) in [6, 6.07) is 11.2. The van der Waals surface area contributed by atoms with E-state index in [0.717, 1.165) is 17.8 Å². The Bertz CT molecular complexity index is 714. The summed E-state index contributed by atoms with van der Waals surface area (Å²) in [4.78, 5) is 16.7. The van der Waals surface area contributed by atoms with Crippen molar-refractivity contribution in [1.29, 1.82) is 0 Å². The van der Waals surface area contributed by atoms with Gasteiger partial charge in [-0.15, -0.1) is 0 Å². The first-order valence-corrected chi connectivity index (χ1v) is 9.37. The zero-order valence-electron chi connectivity index (χ0n) is 13.6. The molecule has 0 bridgehead atoms. The Balaban J connectivity index is 2.08. The van der Waals surface area contributed by atoms with Crippen molar-refractivity contribution in [2.45, 2.75) is 19.8 Å². The summed E-state index contributed by atoms with van der Waals surface area (Å²) in [7, 11) is 0.383. The van der Waals surface area contributed by atoms with E-state index >= 15 is 0 Å². The molecule has 1 atom stereocenters. The lowest BCUT2D eigenvalue weighted by atomic mass is 10.1. The molecule has 2 rings (SSSR count). The standard InChI is InChI=1S/C17H22N2O3P/c1-3-22-13-23(21)11-7-10-16-18-15(12-17(20)19(16)2)14-8-5-4-6-9-14/h4-6,8-9,12H,3,7,10-11,13H2,1-2H3/q+1. The Hall–Kier alpha value is -1.84. The van der Waals surface area contributed by atoms with Crippen LogP contribution >= 0.6 is 7.80 Å². The molecule has 1 unspecified atom stereocenters. The van der Waals surface area contributed by atoms with Gasteiger partial charge >= 0.3 is 7.80 Å². The van der Waals surface area contributed by atoms with Crippen LogP contribution in [-0.2, 0) is 22.8 Å². The molecule has 23 heavy (non-hydrogen) atoms. The quantitative estimate of drug-likeness (QED) is 0.696. The zero-order valence-corrected chi connectivity index (χ0v) is 14.5. The van der Waals surface area contributed by atoms with Gasteiger partial charge in [0.2, 0.25) is 6.35 Å². The average molecular weight is 333 g/mol. The van der Waals surface area contributed by atoms with Crippen molar-refractivity contribution in [3.8, 4) is 11.3 Å². The molecule has 5 nitrogen and oxygen atoms in total.